The van der Waals surface area contributed by atoms with Gasteiger partial charge in [-0.05, 0) is 49.9 Å². The molecule has 1 fully saturated rings. The molecule has 0 atom stereocenters. The number of carbonyl (C=O) groups excluding carboxylic acids is 1. The second kappa shape index (κ2) is 7.24. The first-order valence-electron chi connectivity index (χ1n) is 7.09. The van der Waals surface area contributed by atoms with Crippen molar-refractivity contribution in [1.82, 2.24) is 4.90 Å². The van der Waals surface area contributed by atoms with E-state index in [4.69, 9.17) is 10.5 Å². The van der Waals surface area contributed by atoms with Crippen LogP contribution in [0.5, 0.6) is 5.75 Å². The zero-order valence-corrected chi connectivity index (χ0v) is 11.6. The average Bonchev–Trinajstić information content (AvgIpc) is 2.45. The van der Waals surface area contributed by atoms with Gasteiger partial charge in [-0.2, -0.15) is 0 Å². The van der Waals surface area contributed by atoms with Crippen LogP contribution >= 0.6 is 0 Å². The van der Waals surface area contributed by atoms with E-state index < -0.39 is 0 Å². The van der Waals surface area contributed by atoms with Crippen LogP contribution in [0.2, 0.25) is 0 Å². The van der Waals surface area contributed by atoms with Gasteiger partial charge in [-0.25, -0.2) is 4.39 Å². The Balaban J connectivity index is 1.90. The second-order valence-electron chi connectivity index (χ2n) is 5.06. The monoisotopic (exact) mass is 280 g/mol. The van der Waals surface area contributed by atoms with Crippen molar-refractivity contribution in [3.05, 3.63) is 29.6 Å². The maximum atomic E-state index is 13.4. The standard InChI is InChI=1S/C15H21FN2O2/c16-13-8-12(4-5-17)9-14(10-13)20-11-15(19)18-6-2-1-3-7-18/h8-10H,1-7,11,17H2. The van der Waals surface area contributed by atoms with Crippen LogP contribution in [0, 0.1) is 5.82 Å². The van der Waals surface area contributed by atoms with E-state index >= 15 is 0 Å². The molecule has 5 heteroatoms. The minimum Gasteiger partial charge on any atom is -0.484 e. The van der Waals surface area contributed by atoms with Gasteiger partial charge in [-0.3, -0.25) is 4.79 Å². The highest BCUT2D eigenvalue weighted by Gasteiger charge is 2.16. The van der Waals surface area contributed by atoms with Gasteiger partial charge in [0.05, 0.1) is 0 Å². The molecular weight excluding hydrogens is 259 g/mol. The van der Waals surface area contributed by atoms with E-state index in [2.05, 4.69) is 0 Å². The maximum Gasteiger partial charge on any atom is 0.260 e. The smallest absolute Gasteiger partial charge is 0.260 e. The molecular formula is C15H21FN2O2. The number of piperidine rings is 1. The van der Waals surface area contributed by atoms with Gasteiger partial charge >= 0.3 is 0 Å². The molecule has 20 heavy (non-hydrogen) atoms. The highest BCUT2D eigenvalue weighted by atomic mass is 19.1. The molecule has 0 unspecified atom stereocenters. The van der Waals surface area contributed by atoms with Crippen molar-refractivity contribution in [3.63, 3.8) is 0 Å². The molecule has 1 saturated heterocycles. The summed E-state index contributed by atoms with van der Waals surface area (Å²) in [4.78, 5) is 13.8. The van der Waals surface area contributed by atoms with E-state index in [1.54, 1.807) is 6.07 Å². The van der Waals surface area contributed by atoms with E-state index in [0.717, 1.165) is 31.5 Å². The SMILES string of the molecule is NCCc1cc(F)cc(OCC(=O)N2CCCCC2)c1. The van der Waals surface area contributed by atoms with Crippen LogP contribution in [-0.4, -0.2) is 37.0 Å². The third kappa shape index (κ3) is 4.20. The number of hydrogen-bond acceptors (Lipinski definition) is 3. The van der Waals surface area contributed by atoms with Gasteiger partial charge in [0.25, 0.3) is 5.91 Å². The van der Waals surface area contributed by atoms with Gasteiger partial charge in [-0.15, -0.1) is 0 Å². The van der Waals surface area contributed by atoms with Gasteiger partial charge in [0.2, 0.25) is 0 Å². The van der Waals surface area contributed by atoms with Crippen molar-refractivity contribution in [3.8, 4) is 5.75 Å². The summed E-state index contributed by atoms with van der Waals surface area (Å²) in [5.41, 5.74) is 6.24. The first-order valence-corrected chi connectivity index (χ1v) is 7.09. The van der Waals surface area contributed by atoms with E-state index in [-0.39, 0.29) is 18.3 Å². The summed E-state index contributed by atoms with van der Waals surface area (Å²) in [5.74, 6) is -0.00971. The molecule has 1 amide bonds. The summed E-state index contributed by atoms with van der Waals surface area (Å²) in [6, 6.07) is 4.47. The predicted octanol–water partition coefficient (Wildman–Crippen LogP) is 1.72. The number of nitrogens with two attached hydrogens (primary N) is 1. The highest BCUT2D eigenvalue weighted by molar-refractivity contribution is 5.77. The van der Waals surface area contributed by atoms with E-state index in [1.165, 1.54) is 18.6 Å². The molecule has 0 aliphatic carbocycles. The lowest BCUT2D eigenvalue weighted by Crippen LogP contribution is -2.38. The highest BCUT2D eigenvalue weighted by Crippen LogP contribution is 2.17. The molecule has 1 aromatic carbocycles. The summed E-state index contributed by atoms with van der Waals surface area (Å²) in [7, 11) is 0. The van der Waals surface area contributed by atoms with Crippen molar-refractivity contribution >= 4 is 5.91 Å². The number of ether oxygens (including phenoxy) is 1. The Hall–Kier alpha value is -1.62. The van der Waals surface area contributed by atoms with Crippen molar-refractivity contribution < 1.29 is 13.9 Å². The first-order chi connectivity index (χ1) is 9.69. The molecule has 110 valence electrons. The number of nitrogens with zero attached hydrogens (tertiary/aromatic N) is 1. The summed E-state index contributed by atoms with van der Waals surface area (Å²) >= 11 is 0. The van der Waals surface area contributed by atoms with E-state index in [0.29, 0.717) is 18.7 Å². The lowest BCUT2D eigenvalue weighted by molar-refractivity contribution is -0.134. The Kier molecular flexibility index (Phi) is 5.35. The summed E-state index contributed by atoms with van der Waals surface area (Å²) in [6.07, 6.45) is 3.86. The zero-order chi connectivity index (χ0) is 14.4. The Labute approximate surface area is 118 Å². The topological polar surface area (TPSA) is 55.6 Å². The molecule has 1 heterocycles. The molecule has 0 spiro atoms. The van der Waals surface area contributed by atoms with Crippen LogP contribution in [0.4, 0.5) is 4.39 Å². The van der Waals surface area contributed by atoms with Crippen LogP contribution in [0.25, 0.3) is 0 Å². The molecule has 1 aliphatic rings. The first kappa shape index (κ1) is 14.8. The normalized spacial score (nSPS) is 15.2. The maximum absolute atomic E-state index is 13.4. The fourth-order valence-electron chi connectivity index (χ4n) is 2.39. The van der Waals surface area contributed by atoms with Crippen LogP contribution in [0.1, 0.15) is 24.8 Å². The number of carbonyl (C=O) groups is 1. The van der Waals surface area contributed by atoms with Crippen LogP contribution in [0.15, 0.2) is 18.2 Å². The molecule has 0 aromatic heterocycles. The van der Waals surface area contributed by atoms with Crippen molar-refractivity contribution in [2.75, 3.05) is 26.2 Å². The van der Waals surface area contributed by atoms with Gasteiger partial charge in [0, 0.05) is 19.2 Å². The van der Waals surface area contributed by atoms with E-state index in [9.17, 15) is 9.18 Å². The number of amides is 1. The fourth-order valence-corrected chi connectivity index (χ4v) is 2.39. The summed E-state index contributed by atoms with van der Waals surface area (Å²) in [6.45, 7) is 2.01. The Morgan fingerprint density at radius 2 is 2.00 bits per heavy atom. The summed E-state index contributed by atoms with van der Waals surface area (Å²) in [5, 5.41) is 0. The summed E-state index contributed by atoms with van der Waals surface area (Å²) < 4.78 is 18.8. The number of rotatable bonds is 5. The number of halogens is 1. The lowest BCUT2D eigenvalue weighted by Gasteiger charge is -2.26. The van der Waals surface area contributed by atoms with Crippen molar-refractivity contribution in [2.45, 2.75) is 25.7 Å². The van der Waals surface area contributed by atoms with Gasteiger partial charge in [0.1, 0.15) is 11.6 Å². The average molecular weight is 280 g/mol. The van der Waals surface area contributed by atoms with Crippen molar-refractivity contribution in [2.24, 2.45) is 5.73 Å². The van der Waals surface area contributed by atoms with Crippen LogP contribution in [-0.2, 0) is 11.2 Å². The zero-order valence-electron chi connectivity index (χ0n) is 11.6. The van der Waals surface area contributed by atoms with Gasteiger partial charge in [0.15, 0.2) is 6.61 Å². The fraction of sp³-hybridized carbons (Fsp3) is 0.533. The van der Waals surface area contributed by atoms with Crippen molar-refractivity contribution in [1.29, 1.82) is 0 Å². The minimum atomic E-state index is -0.364. The predicted molar refractivity (Wildman–Crippen MR) is 75.1 cm³/mol. The van der Waals surface area contributed by atoms with Gasteiger partial charge < -0.3 is 15.4 Å². The Morgan fingerprint density at radius 1 is 1.25 bits per heavy atom. The molecule has 0 bridgehead atoms. The number of hydrogen-bond donors (Lipinski definition) is 1. The molecule has 0 radical (unpaired) electrons. The number of benzene rings is 1. The lowest BCUT2D eigenvalue weighted by atomic mass is 10.1. The molecule has 1 aromatic rings. The Morgan fingerprint density at radius 3 is 2.70 bits per heavy atom. The molecule has 1 aliphatic heterocycles. The molecule has 0 saturated carbocycles. The minimum absolute atomic E-state index is 0.0330. The molecule has 2 N–H and O–H groups in total. The molecule has 4 nitrogen and oxygen atoms in total. The largest absolute Gasteiger partial charge is 0.484 e. The third-order valence-electron chi connectivity index (χ3n) is 3.44. The van der Waals surface area contributed by atoms with Gasteiger partial charge in [-0.1, -0.05) is 0 Å². The molecule has 2 rings (SSSR count). The second-order valence-corrected chi connectivity index (χ2v) is 5.06. The quantitative estimate of drug-likeness (QED) is 0.893. The third-order valence-corrected chi connectivity index (χ3v) is 3.44. The van der Waals surface area contributed by atoms with Crippen LogP contribution < -0.4 is 10.5 Å². The van der Waals surface area contributed by atoms with Crippen LogP contribution in [0.3, 0.4) is 0 Å². The van der Waals surface area contributed by atoms with E-state index in [1.807, 2.05) is 4.90 Å². The number of likely N-dealkylation sites (tertiary alicyclic amines) is 1. The Bertz CT molecular complexity index is 459.